The third-order valence-corrected chi connectivity index (χ3v) is 0. The summed E-state index contributed by atoms with van der Waals surface area (Å²) in [5.74, 6) is 0. The van der Waals surface area contributed by atoms with Crippen LogP contribution in [-0.2, 0) is 9.13 Å². The fourth-order valence-corrected chi connectivity index (χ4v) is 0. The van der Waals surface area contributed by atoms with E-state index in [2.05, 4.69) is 0 Å². The molecule has 0 spiro atoms. The highest BCUT2D eigenvalue weighted by Crippen LogP contribution is 2.26. The van der Waals surface area contributed by atoms with Crippen molar-refractivity contribution in [3.05, 3.63) is 0 Å². The highest BCUT2D eigenvalue weighted by molar-refractivity contribution is 7.45. The largest absolute Gasteiger partial charge is 0.466 e. The molecule has 0 atom stereocenters. The molecular formula is C6H33NO8P2. The summed E-state index contributed by atoms with van der Waals surface area (Å²) in [6.07, 6.45) is 0. The van der Waals surface area contributed by atoms with Gasteiger partial charge >= 0.3 is 15.6 Å². The van der Waals surface area contributed by atoms with Crippen LogP contribution in [0.5, 0.6) is 0 Å². The van der Waals surface area contributed by atoms with Gasteiger partial charge in [0.2, 0.25) is 0 Å². The van der Waals surface area contributed by atoms with Crippen molar-refractivity contribution in [2.45, 2.75) is 44.6 Å². The average molecular weight is 309 g/mol. The second kappa shape index (κ2) is 25.1. The van der Waals surface area contributed by atoms with E-state index >= 15 is 0 Å². The molecule has 0 fully saturated rings. The molecule has 120 valence electrons. The number of rotatable bonds is 0. The first-order chi connectivity index (χ1) is 4.00. The molecule has 0 bridgehead atoms. The lowest BCUT2D eigenvalue weighted by atomic mass is 12.0. The van der Waals surface area contributed by atoms with Crippen molar-refractivity contribution in [3.8, 4) is 0 Å². The Kier molecular flexibility index (Phi) is 99.4. The molecule has 11 heteroatoms. The van der Waals surface area contributed by atoms with Gasteiger partial charge in [-0.2, -0.15) is 0 Å². The monoisotopic (exact) mass is 309 g/mol. The van der Waals surface area contributed by atoms with E-state index in [1.807, 2.05) is 0 Å². The van der Waals surface area contributed by atoms with Gasteiger partial charge in [-0.15, -0.1) is 0 Å². The van der Waals surface area contributed by atoms with E-state index in [-0.39, 0.29) is 50.7 Å². The molecule has 0 rings (SSSR count). The van der Waals surface area contributed by atoms with Gasteiger partial charge in [0, 0.05) is 0 Å². The second-order valence-corrected chi connectivity index (χ2v) is 3.08. The van der Waals surface area contributed by atoms with Gasteiger partial charge in [0.25, 0.3) is 0 Å². The molecular weight excluding hydrogens is 276 g/mol. The molecule has 17 heavy (non-hydrogen) atoms. The summed E-state index contributed by atoms with van der Waals surface area (Å²) >= 11 is 0. The van der Waals surface area contributed by atoms with E-state index in [0.29, 0.717) is 0 Å². The van der Waals surface area contributed by atoms with Gasteiger partial charge in [-0.3, -0.25) is 0 Å². The Morgan fingerprint density at radius 1 is 0.471 bits per heavy atom. The van der Waals surface area contributed by atoms with E-state index in [4.69, 9.17) is 38.5 Å². The number of phosphoric acid groups is 2. The molecule has 0 aliphatic rings. The van der Waals surface area contributed by atoms with Crippen LogP contribution < -0.4 is 6.15 Å². The van der Waals surface area contributed by atoms with Crippen molar-refractivity contribution in [2.24, 2.45) is 0 Å². The molecule has 0 saturated heterocycles. The van der Waals surface area contributed by atoms with Gasteiger partial charge in [-0.1, -0.05) is 44.6 Å². The highest BCUT2D eigenvalue weighted by atomic mass is 31.2. The highest BCUT2D eigenvalue weighted by Gasteiger charge is 2.00. The lowest BCUT2D eigenvalue weighted by molar-refractivity contribution is 0.272. The van der Waals surface area contributed by atoms with Gasteiger partial charge in [-0.05, 0) is 0 Å². The van der Waals surface area contributed by atoms with Crippen LogP contribution in [0.25, 0.3) is 0 Å². The fraction of sp³-hybridized carbons (Fsp3) is 1.00. The minimum absolute atomic E-state index is 0. The van der Waals surface area contributed by atoms with Crippen molar-refractivity contribution in [1.82, 2.24) is 6.15 Å². The summed E-state index contributed by atoms with van der Waals surface area (Å²) < 4.78 is 17.8. The van der Waals surface area contributed by atoms with Gasteiger partial charge in [0.15, 0.2) is 0 Å². The Balaban J connectivity index is -0.00000000762. The summed E-state index contributed by atoms with van der Waals surface area (Å²) in [7, 11) is -9.28. The second-order valence-electron chi connectivity index (χ2n) is 1.03. The zero-order valence-corrected chi connectivity index (χ0v) is 6.89. The Bertz CT molecular complexity index is 140. The topological polar surface area (TPSA) is 191 Å². The first kappa shape index (κ1) is 67.2. The molecule has 9 nitrogen and oxygen atoms in total. The van der Waals surface area contributed by atoms with Crippen molar-refractivity contribution >= 4 is 15.6 Å². The van der Waals surface area contributed by atoms with Crippen LogP contribution in [-0.4, -0.2) is 29.4 Å². The summed E-state index contributed by atoms with van der Waals surface area (Å²) in [4.78, 5) is 43.1. The standard InChI is InChI=1S/6CH4.H3N.2H3O4P/c;;;;;;;2*1-5(2,3)4/h6*1H4;1H3;2*(H3,1,2,3,4). The lowest BCUT2D eigenvalue weighted by Crippen LogP contribution is -1.66. The van der Waals surface area contributed by atoms with Crippen molar-refractivity contribution in [3.63, 3.8) is 0 Å². The Morgan fingerprint density at radius 2 is 0.471 bits per heavy atom. The molecule has 0 saturated carbocycles. The van der Waals surface area contributed by atoms with Crippen LogP contribution in [0.15, 0.2) is 0 Å². The van der Waals surface area contributed by atoms with E-state index in [1.54, 1.807) is 0 Å². The van der Waals surface area contributed by atoms with E-state index in [0.717, 1.165) is 0 Å². The SMILES string of the molecule is C.C.C.C.C.C.N.O=P(O)(O)O.O=P(O)(O)O. The zero-order valence-electron chi connectivity index (χ0n) is 5.10. The van der Waals surface area contributed by atoms with Crippen LogP contribution in [0.2, 0.25) is 0 Å². The number of hydrogen-bond acceptors (Lipinski definition) is 3. The first-order valence-corrected chi connectivity index (χ1v) is 4.70. The molecule has 0 amide bonds. The van der Waals surface area contributed by atoms with Gasteiger partial charge in [-0.25, -0.2) is 9.13 Å². The van der Waals surface area contributed by atoms with Crippen LogP contribution in [0.1, 0.15) is 44.6 Å². The van der Waals surface area contributed by atoms with E-state index in [9.17, 15) is 0 Å². The van der Waals surface area contributed by atoms with Gasteiger partial charge in [0.05, 0.1) is 0 Å². The minimum atomic E-state index is -4.64. The van der Waals surface area contributed by atoms with Crippen molar-refractivity contribution in [1.29, 1.82) is 0 Å². The average Bonchev–Trinajstić information content (AvgIpc) is 1.12. The van der Waals surface area contributed by atoms with Crippen LogP contribution in [0.4, 0.5) is 0 Å². The lowest BCUT2D eigenvalue weighted by Gasteiger charge is -1.82. The maximum atomic E-state index is 8.88. The molecule has 0 radical (unpaired) electrons. The van der Waals surface area contributed by atoms with E-state index < -0.39 is 15.6 Å². The zero-order chi connectivity index (χ0) is 9.00. The molecule has 0 unspecified atom stereocenters. The maximum absolute atomic E-state index is 8.88. The number of hydrogen-bond donors (Lipinski definition) is 7. The molecule has 0 aromatic rings. The predicted molar refractivity (Wildman–Crippen MR) is 73.9 cm³/mol. The van der Waals surface area contributed by atoms with Crippen LogP contribution >= 0.6 is 15.6 Å². The van der Waals surface area contributed by atoms with Crippen LogP contribution in [0, 0.1) is 0 Å². The summed E-state index contributed by atoms with van der Waals surface area (Å²) in [5.41, 5.74) is 0. The molecule has 0 aromatic carbocycles. The van der Waals surface area contributed by atoms with E-state index in [1.165, 1.54) is 0 Å². The summed E-state index contributed by atoms with van der Waals surface area (Å²) in [6.45, 7) is 0. The smallest absolute Gasteiger partial charge is 0.344 e. The Labute approximate surface area is 106 Å². The molecule has 0 aliphatic heterocycles. The maximum Gasteiger partial charge on any atom is 0.466 e. The Hall–Kier alpha value is 0.180. The molecule has 0 aliphatic carbocycles. The van der Waals surface area contributed by atoms with Gasteiger partial charge < -0.3 is 35.5 Å². The summed E-state index contributed by atoms with van der Waals surface area (Å²) in [5, 5.41) is 0. The third-order valence-electron chi connectivity index (χ3n) is 0. The minimum Gasteiger partial charge on any atom is -0.344 e. The fourth-order valence-electron chi connectivity index (χ4n) is 0. The molecule has 0 heterocycles. The predicted octanol–water partition coefficient (Wildman–Crippen LogP) is 2.12. The van der Waals surface area contributed by atoms with Crippen molar-refractivity contribution in [2.75, 3.05) is 0 Å². The Morgan fingerprint density at radius 3 is 0.471 bits per heavy atom. The third kappa shape index (κ3) is 100000. The van der Waals surface area contributed by atoms with Gasteiger partial charge in [0.1, 0.15) is 0 Å². The first-order valence-electron chi connectivity index (χ1n) is 1.57. The van der Waals surface area contributed by atoms with Crippen molar-refractivity contribution < 1.29 is 38.5 Å². The molecule has 9 N–H and O–H groups in total. The molecule has 0 aromatic heterocycles. The quantitative estimate of drug-likeness (QED) is 0.328. The normalized spacial score (nSPS) is 6.94. The van der Waals surface area contributed by atoms with Crippen LogP contribution in [0.3, 0.4) is 0 Å². The summed E-state index contributed by atoms with van der Waals surface area (Å²) in [6, 6.07) is 0.